The lowest BCUT2D eigenvalue weighted by Crippen LogP contribution is -2.71. The monoisotopic (exact) mass is 884 g/mol. The van der Waals surface area contributed by atoms with Gasteiger partial charge in [-0.25, -0.2) is 30.0 Å². The predicted molar refractivity (Wildman–Crippen MR) is 209 cm³/mol. The molecule has 24 heteroatoms. The fourth-order valence-corrected chi connectivity index (χ4v) is 6.32. The lowest BCUT2D eigenvalue weighted by atomic mass is 9.83. The Kier molecular flexibility index (Phi) is 17.8. The zero-order chi connectivity index (χ0) is 46.4. The molecular formula is C37H68N6O18. The fraction of sp³-hybridized carbons (Fsp3) is 0.892. The van der Waals surface area contributed by atoms with Crippen molar-refractivity contribution in [3.05, 3.63) is 0 Å². The van der Waals surface area contributed by atoms with Crippen LogP contribution in [0.1, 0.15) is 89.5 Å². The van der Waals surface area contributed by atoms with Gasteiger partial charge in [-0.05, 0) is 89.5 Å². The van der Waals surface area contributed by atoms with Gasteiger partial charge >= 0.3 is 24.4 Å². The van der Waals surface area contributed by atoms with Crippen LogP contribution in [0, 0.1) is 0 Å². The van der Waals surface area contributed by atoms with E-state index in [2.05, 4.69) is 32.3 Å². The molecule has 0 aromatic rings. The number of amides is 4. The maximum Gasteiger partial charge on any atom is 0.422 e. The van der Waals surface area contributed by atoms with Gasteiger partial charge in [-0.3, -0.25) is 10.9 Å². The molecule has 3 fully saturated rings. The number of hydrogen-bond donors (Lipinski definition) is 12. The molecule has 14 atom stereocenters. The van der Waals surface area contributed by atoms with Crippen molar-refractivity contribution in [3.63, 3.8) is 0 Å². The molecule has 12 N–H and O–H groups in total. The van der Waals surface area contributed by atoms with E-state index in [1.165, 1.54) is 0 Å². The van der Waals surface area contributed by atoms with Crippen molar-refractivity contribution in [1.29, 1.82) is 0 Å². The summed E-state index contributed by atoms with van der Waals surface area (Å²) in [5.74, 6) is 0. The minimum Gasteiger partial charge on any atom is -0.444 e. The smallest absolute Gasteiger partial charge is 0.422 e. The summed E-state index contributed by atoms with van der Waals surface area (Å²) in [6, 6.07) is -4.05. The van der Waals surface area contributed by atoms with E-state index in [4.69, 9.17) is 37.9 Å². The van der Waals surface area contributed by atoms with Gasteiger partial charge in [0.15, 0.2) is 12.6 Å². The average Bonchev–Trinajstić information content (AvgIpc) is 3.36. The molecule has 0 unspecified atom stereocenters. The van der Waals surface area contributed by atoms with Crippen LogP contribution in [0.3, 0.4) is 0 Å². The highest BCUT2D eigenvalue weighted by molar-refractivity contribution is 5.69. The second-order valence-corrected chi connectivity index (χ2v) is 19.0. The molecular weight excluding hydrogens is 816 g/mol. The van der Waals surface area contributed by atoms with Crippen LogP contribution < -0.4 is 32.3 Å². The van der Waals surface area contributed by atoms with E-state index in [9.17, 15) is 49.8 Å². The van der Waals surface area contributed by atoms with Crippen LogP contribution in [0.4, 0.5) is 19.2 Å². The minimum atomic E-state index is -1.87. The molecule has 1 saturated carbocycles. The summed E-state index contributed by atoms with van der Waals surface area (Å²) < 4.78 is 45.6. The summed E-state index contributed by atoms with van der Waals surface area (Å²) in [5.41, 5.74) is 6.40. The van der Waals surface area contributed by atoms with E-state index < -0.39 is 146 Å². The number of nitrogens with one attached hydrogen (secondary N) is 6. The molecule has 0 spiro atoms. The molecule has 354 valence electrons. The standard InChI is InChI=1S/C37H68N6O18/c1-34(2,3)58-30(50)38-14-18-22(46)24(48)20(39-31(51)59-35(4,5)6)28(54-18)56-26-17(41-43-33(53)61-37(10,11)12)13-16(40-42-32(52)60-36(7,8)9)21(45)27(26)57-29-25(49)23(47)19(15-44)55-29/h16-29,40-41,44-49H,13-15H2,1-12H3,(H,38,50)(H,39,51)(H,42,52)(H,43,53)/t16-,17+,18-,19-,20-,21+,22-,23-,24-,25-,26-,27-,28-,29+/m1/s1. The number of ether oxygens (including phenoxy) is 8. The molecule has 2 saturated heterocycles. The minimum absolute atomic E-state index is 0.237. The molecule has 0 aromatic carbocycles. The molecule has 61 heavy (non-hydrogen) atoms. The van der Waals surface area contributed by atoms with Crippen LogP contribution in [-0.2, 0) is 37.9 Å². The van der Waals surface area contributed by atoms with E-state index in [1.807, 2.05) is 0 Å². The third kappa shape index (κ3) is 16.3. The first kappa shape index (κ1) is 51.9. The Bertz CT molecular complexity index is 1470. The quantitative estimate of drug-likeness (QED) is 0.0794. The van der Waals surface area contributed by atoms with Gasteiger partial charge in [0.05, 0.1) is 24.8 Å². The third-order valence-electron chi connectivity index (χ3n) is 8.81. The van der Waals surface area contributed by atoms with Gasteiger partial charge in [-0.1, -0.05) is 0 Å². The lowest BCUT2D eigenvalue weighted by molar-refractivity contribution is -0.311. The van der Waals surface area contributed by atoms with Crippen molar-refractivity contribution in [1.82, 2.24) is 32.3 Å². The summed E-state index contributed by atoms with van der Waals surface area (Å²) >= 11 is 0. The van der Waals surface area contributed by atoms with Crippen LogP contribution in [-0.4, -0.2) is 176 Å². The predicted octanol–water partition coefficient (Wildman–Crippen LogP) is -1.38. The highest BCUT2D eigenvalue weighted by atomic mass is 16.7. The molecule has 24 nitrogen and oxygen atoms in total. The van der Waals surface area contributed by atoms with E-state index in [0.717, 1.165) is 0 Å². The first-order valence-electron chi connectivity index (χ1n) is 20.0. The summed E-state index contributed by atoms with van der Waals surface area (Å²) in [5, 5.41) is 70.8. The topological polar surface area (TPSA) is 336 Å². The van der Waals surface area contributed by atoms with Crippen LogP contribution in [0.2, 0.25) is 0 Å². The Labute approximate surface area is 354 Å². The van der Waals surface area contributed by atoms with E-state index in [0.29, 0.717) is 0 Å². The maximum atomic E-state index is 13.1. The van der Waals surface area contributed by atoms with Crippen molar-refractivity contribution in [2.24, 2.45) is 0 Å². The zero-order valence-electron chi connectivity index (χ0n) is 36.8. The number of carbonyl (C=O) groups excluding carboxylic acids is 4. The largest absolute Gasteiger partial charge is 0.444 e. The SMILES string of the molecule is CC(C)(C)OC(=O)NC[C@H]1O[C@H](O[C@H]2[C@H](O[C@@H]3O[C@H](CO)[C@@H](O)[C@H]3O)[C@@H](O)[C@H](NNC(=O)OC(C)(C)C)C[C@@H]2NNC(=O)OC(C)(C)C)[C@H](NC(=O)OC(C)(C)C)[C@@H](O)[C@@H]1O. The number of hydrazine groups is 2. The van der Waals surface area contributed by atoms with Gasteiger partial charge in [-0.15, -0.1) is 0 Å². The number of carbonyl (C=O) groups is 4. The Balaban J connectivity index is 2.10. The Morgan fingerprint density at radius 2 is 0.984 bits per heavy atom. The summed E-state index contributed by atoms with van der Waals surface area (Å²) in [6.45, 7) is 18.2. The summed E-state index contributed by atoms with van der Waals surface area (Å²) in [7, 11) is 0. The van der Waals surface area contributed by atoms with Crippen molar-refractivity contribution >= 4 is 24.4 Å². The molecule has 4 amide bonds. The normalized spacial score (nSPS) is 33.5. The van der Waals surface area contributed by atoms with Crippen LogP contribution >= 0.6 is 0 Å². The van der Waals surface area contributed by atoms with Crippen molar-refractivity contribution in [2.45, 2.75) is 198 Å². The Morgan fingerprint density at radius 1 is 0.541 bits per heavy atom. The number of hydrogen-bond acceptors (Lipinski definition) is 20. The van der Waals surface area contributed by atoms with E-state index >= 15 is 0 Å². The molecule has 0 bridgehead atoms. The number of aliphatic hydroxyl groups excluding tert-OH is 6. The fourth-order valence-electron chi connectivity index (χ4n) is 6.32. The average molecular weight is 885 g/mol. The third-order valence-corrected chi connectivity index (χ3v) is 8.81. The molecule has 2 heterocycles. The summed E-state index contributed by atoms with van der Waals surface area (Å²) in [6.07, 6.45) is -22.4. The molecule has 0 aromatic heterocycles. The van der Waals surface area contributed by atoms with E-state index in [1.54, 1.807) is 83.1 Å². The lowest BCUT2D eigenvalue weighted by Gasteiger charge is -2.49. The molecule has 1 aliphatic carbocycles. The second-order valence-electron chi connectivity index (χ2n) is 19.0. The molecule has 3 rings (SSSR count). The van der Waals surface area contributed by atoms with Gasteiger partial charge in [0.25, 0.3) is 0 Å². The number of aliphatic hydroxyl groups is 6. The van der Waals surface area contributed by atoms with Crippen LogP contribution in [0.25, 0.3) is 0 Å². The zero-order valence-corrected chi connectivity index (χ0v) is 36.8. The first-order valence-corrected chi connectivity index (χ1v) is 20.0. The first-order chi connectivity index (χ1) is 27.9. The van der Waals surface area contributed by atoms with Gasteiger partial charge in [-0.2, -0.15) is 0 Å². The number of alkyl carbamates (subject to hydrolysis) is 2. The van der Waals surface area contributed by atoms with Gasteiger partial charge in [0, 0.05) is 6.54 Å². The van der Waals surface area contributed by atoms with Crippen LogP contribution in [0.15, 0.2) is 0 Å². The summed E-state index contributed by atoms with van der Waals surface area (Å²) in [4.78, 5) is 51.3. The Morgan fingerprint density at radius 3 is 1.48 bits per heavy atom. The van der Waals surface area contributed by atoms with Gasteiger partial charge < -0.3 is 79.2 Å². The highest BCUT2D eigenvalue weighted by Gasteiger charge is 2.54. The van der Waals surface area contributed by atoms with Crippen molar-refractivity contribution in [3.8, 4) is 0 Å². The van der Waals surface area contributed by atoms with Gasteiger partial charge in [0.2, 0.25) is 0 Å². The van der Waals surface area contributed by atoms with Crippen molar-refractivity contribution in [2.75, 3.05) is 13.2 Å². The number of rotatable bonds is 12. The van der Waals surface area contributed by atoms with E-state index in [-0.39, 0.29) is 6.42 Å². The molecule has 2 aliphatic heterocycles. The maximum absolute atomic E-state index is 13.1. The second kappa shape index (κ2) is 20.9. The van der Waals surface area contributed by atoms with Crippen LogP contribution in [0.5, 0.6) is 0 Å². The van der Waals surface area contributed by atoms with Gasteiger partial charge in [0.1, 0.15) is 77.3 Å². The highest BCUT2D eigenvalue weighted by Crippen LogP contribution is 2.34. The van der Waals surface area contributed by atoms with Crippen molar-refractivity contribution < 1.29 is 87.7 Å². The molecule has 3 aliphatic rings. The molecule has 0 radical (unpaired) electrons. The Hall–Kier alpha value is -3.40.